The number of aromatic nitrogens is 2. The van der Waals surface area contributed by atoms with Crippen molar-refractivity contribution in [3.8, 4) is 0 Å². The number of likely N-dealkylation sites (tertiary alicyclic amines) is 1. The number of fused-ring (bicyclic) bond motifs is 1. The van der Waals surface area contributed by atoms with Gasteiger partial charge in [0, 0.05) is 25.8 Å². The second-order valence-corrected chi connectivity index (χ2v) is 9.21. The number of carbonyl (C=O) groups is 1. The number of pyridine rings is 1. The molecule has 1 spiro atoms. The highest BCUT2D eigenvalue weighted by atomic mass is 16.2. The minimum atomic E-state index is 0.0952. The lowest BCUT2D eigenvalue weighted by molar-refractivity contribution is 0.0786. The maximum absolute atomic E-state index is 13.1. The number of nitrogens with zero attached hydrogens (tertiary/aromatic N) is 3. The van der Waals surface area contributed by atoms with Gasteiger partial charge in [-0.25, -0.2) is 4.98 Å². The van der Waals surface area contributed by atoms with Gasteiger partial charge in [0.25, 0.3) is 5.91 Å². The van der Waals surface area contributed by atoms with Crippen LogP contribution in [0, 0.1) is 23.2 Å². The maximum atomic E-state index is 13.1. The Morgan fingerprint density at radius 1 is 1.21 bits per heavy atom. The summed E-state index contributed by atoms with van der Waals surface area (Å²) in [5, 5.41) is 3.69. The van der Waals surface area contributed by atoms with Gasteiger partial charge in [-0.15, -0.1) is 0 Å². The monoisotopic (exact) mass is 376 g/mol. The molecule has 4 aliphatic rings. The molecule has 5 nitrogen and oxygen atoms in total. The first kappa shape index (κ1) is 16.8. The summed E-state index contributed by atoms with van der Waals surface area (Å²) in [4.78, 5) is 19.7. The lowest BCUT2D eigenvalue weighted by atomic mass is 9.89. The molecule has 0 aromatic carbocycles. The summed E-state index contributed by atoms with van der Waals surface area (Å²) >= 11 is 0. The van der Waals surface area contributed by atoms with Crippen LogP contribution in [0.1, 0.15) is 48.3 Å². The lowest BCUT2D eigenvalue weighted by Crippen LogP contribution is -2.31. The highest BCUT2D eigenvalue weighted by molar-refractivity contribution is 5.94. The van der Waals surface area contributed by atoms with E-state index in [9.17, 15) is 4.79 Å². The fourth-order valence-corrected chi connectivity index (χ4v) is 6.19. The van der Waals surface area contributed by atoms with Crippen molar-refractivity contribution < 1.29 is 4.79 Å². The van der Waals surface area contributed by atoms with Crippen LogP contribution in [0.5, 0.6) is 0 Å². The van der Waals surface area contributed by atoms with E-state index in [-0.39, 0.29) is 5.91 Å². The van der Waals surface area contributed by atoms with Crippen molar-refractivity contribution in [3.63, 3.8) is 0 Å². The van der Waals surface area contributed by atoms with Crippen molar-refractivity contribution in [1.29, 1.82) is 0 Å². The van der Waals surface area contributed by atoms with Crippen molar-refractivity contribution in [3.05, 3.63) is 47.9 Å². The van der Waals surface area contributed by atoms with Gasteiger partial charge in [0.2, 0.25) is 0 Å². The van der Waals surface area contributed by atoms with Gasteiger partial charge in [0.15, 0.2) is 5.69 Å². The summed E-state index contributed by atoms with van der Waals surface area (Å²) in [5.41, 5.74) is 3.15. The van der Waals surface area contributed by atoms with Gasteiger partial charge in [0.1, 0.15) is 5.65 Å². The van der Waals surface area contributed by atoms with Crippen molar-refractivity contribution in [2.24, 2.45) is 23.2 Å². The Labute approximate surface area is 165 Å². The Balaban J connectivity index is 1.21. The number of carbonyl (C=O) groups excluding carboxylic acids is 1. The van der Waals surface area contributed by atoms with Crippen LogP contribution in [0.4, 0.5) is 0 Å². The molecule has 2 bridgehead atoms. The summed E-state index contributed by atoms with van der Waals surface area (Å²) in [6.07, 6.45) is 13.4. The molecule has 5 heteroatoms. The smallest absolute Gasteiger partial charge is 0.274 e. The largest absolute Gasteiger partial charge is 0.337 e. The number of rotatable bonds is 5. The molecular formula is C23H28N4O. The van der Waals surface area contributed by atoms with Crippen LogP contribution in [-0.2, 0) is 6.54 Å². The molecule has 146 valence electrons. The van der Waals surface area contributed by atoms with E-state index in [0.717, 1.165) is 61.6 Å². The zero-order chi connectivity index (χ0) is 18.7. The van der Waals surface area contributed by atoms with Gasteiger partial charge >= 0.3 is 0 Å². The third-order valence-electron chi connectivity index (χ3n) is 7.77. The van der Waals surface area contributed by atoms with E-state index < -0.39 is 0 Å². The second-order valence-electron chi connectivity index (χ2n) is 9.21. The van der Waals surface area contributed by atoms with E-state index in [1.807, 2.05) is 29.3 Å². The van der Waals surface area contributed by atoms with Crippen LogP contribution in [-0.4, -0.2) is 39.8 Å². The summed E-state index contributed by atoms with van der Waals surface area (Å²) in [5.74, 6) is 2.44. The van der Waals surface area contributed by atoms with Crippen molar-refractivity contribution in [2.75, 3.05) is 19.6 Å². The molecule has 3 atom stereocenters. The van der Waals surface area contributed by atoms with E-state index >= 15 is 0 Å². The first-order valence-corrected chi connectivity index (χ1v) is 10.9. The molecular weight excluding hydrogens is 348 g/mol. The van der Waals surface area contributed by atoms with Crippen LogP contribution < -0.4 is 5.32 Å². The second kappa shape index (κ2) is 6.18. The number of hydrogen-bond acceptors (Lipinski definition) is 3. The van der Waals surface area contributed by atoms with Crippen LogP contribution in [0.3, 0.4) is 0 Å². The summed E-state index contributed by atoms with van der Waals surface area (Å²) in [6, 6.07) is 5.99. The Hall–Kier alpha value is -2.14. The zero-order valence-corrected chi connectivity index (χ0v) is 16.3. The minimum Gasteiger partial charge on any atom is -0.337 e. The molecule has 3 aliphatic carbocycles. The topological polar surface area (TPSA) is 49.6 Å². The Bertz CT molecular complexity index is 951. The van der Waals surface area contributed by atoms with E-state index in [2.05, 4.69) is 21.9 Å². The Morgan fingerprint density at radius 2 is 2.07 bits per heavy atom. The van der Waals surface area contributed by atoms with Gasteiger partial charge in [-0.3, -0.25) is 4.79 Å². The summed E-state index contributed by atoms with van der Waals surface area (Å²) < 4.78 is 2.08. The van der Waals surface area contributed by atoms with Crippen molar-refractivity contribution in [2.45, 2.75) is 38.6 Å². The Kier molecular flexibility index (Phi) is 3.70. The van der Waals surface area contributed by atoms with Crippen LogP contribution in [0.2, 0.25) is 0 Å². The molecule has 2 saturated carbocycles. The van der Waals surface area contributed by atoms with Gasteiger partial charge in [0.05, 0.1) is 5.69 Å². The molecule has 1 N–H and O–H groups in total. The van der Waals surface area contributed by atoms with E-state index in [1.165, 1.54) is 19.3 Å². The maximum Gasteiger partial charge on any atom is 0.274 e. The average molecular weight is 377 g/mol. The highest BCUT2D eigenvalue weighted by Crippen LogP contribution is 2.69. The molecule has 1 aliphatic heterocycles. The van der Waals surface area contributed by atoms with Crippen molar-refractivity contribution in [1.82, 2.24) is 19.6 Å². The minimum absolute atomic E-state index is 0.0952. The third-order valence-corrected chi connectivity index (χ3v) is 7.77. The van der Waals surface area contributed by atoms with E-state index in [0.29, 0.717) is 17.7 Å². The molecule has 3 heterocycles. The van der Waals surface area contributed by atoms with Crippen LogP contribution in [0.25, 0.3) is 5.65 Å². The summed E-state index contributed by atoms with van der Waals surface area (Å²) in [7, 11) is 0. The van der Waals surface area contributed by atoms with Crippen molar-refractivity contribution >= 4 is 11.6 Å². The van der Waals surface area contributed by atoms with Gasteiger partial charge < -0.3 is 14.6 Å². The van der Waals surface area contributed by atoms with Crippen LogP contribution in [0.15, 0.2) is 36.5 Å². The first-order valence-electron chi connectivity index (χ1n) is 10.9. The number of allylic oxidation sites excluding steroid dienone is 2. The first-order chi connectivity index (χ1) is 13.8. The lowest BCUT2D eigenvalue weighted by Gasteiger charge is -2.20. The van der Waals surface area contributed by atoms with E-state index in [4.69, 9.17) is 4.98 Å². The predicted molar refractivity (Wildman–Crippen MR) is 108 cm³/mol. The zero-order valence-electron chi connectivity index (χ0n) is 16.3. The normalized spacial score (nSPS) is 29.4. The average Bonchev–Trinajstić information content (AvgIpc) is 3.03. The van der Waals surface area contributed by atoms with Crippen LogP contribution >= 0.6 is 0 Å². The number of imidazole rings is 1. The SMILES string of the molecule is O=C(c1nc2ccccn2c1CNC[C@H]1C[C@H]2C=C[C@H]1C21CC1)N1CCCC1. The highest BCUT2D eigenvalue weighted by Gasteiger charge is 2.62. The molecule has 6 rings (SSSR count). The molecule has 1 saturated heterocycles. The molecule has 0 radical (unpaired) electrons. The van der Waals surface area contributed by atoms with Gasteiger partial charge in [-0.1, -0.05) is 18.2 Å². The molecule has 2 aromatic heterocycles. The van der Waals surface area contributed by atoms with E-state index in [1.54, 1.807) is 0 Å². The summed E-state index contributed by atoms with van der Waals surface area (Å²) in [6.45, 7) is 3.45. The standard InChI is InChI=1S/C23H28N4O/c28-22(26-10-3-4-11-26)21-19(27-12-2-1-5-20(27)25-21)15-24-14-16-13-17-6-7-18(16)23(17)8-9-23/h1-2,5-7,12,16-18,24H,3-4,8-11,13-15H2/t16-,17-,18-/m1/s1. The molecule has 1 amide bonds. The third kappa shape index (κ3) is 2.41. The quantitative estimate of drug-likeness (QED) is 0.815. The van der Waals surface area contributed by atoms with Gasteiger partial charge in [-0.05, 0) is 74.0 Å². The molecule has 3 fully saturated rings. The number of amides is 1. The predicted octanol–water partition coefficient (Wildman–Crippen LogP) is 3.26. The number of nitrogens with one attached hydrogen (secondary N) is 1. The Morgan fingerprint density at radius 3 is 2.86 bits per heavy atom. The molecule has 0 unspecified atom stereocenters. The molecule has 28 heavy (non-hydrogen) atoms. The molecule has 2 aromatic rings. The fraction of sp³-hybridized carbons (Fsp3) is 0.565. The number of hydrogen-bond donors (Lipinski definition) is 1. The fourth-order valence-electron chi connectivity index (χ4n) is 6.19. The van der Waals surface area contributed by atoms with Gasteiger partial charge in [-0.2, -0.15) is 0 Å².